The first-order valence-electron chi connectivity index (χ1n) is 3.91. The Morgan fingerprint density at radius 1 is 0.529 bits per heavy atom. The van der Waals surface area contributed by atoms with E-state index in [2.05, 4.69) is 84.0 Å². The molecule has 17 heavy (non-hydrogen) atoms. The summed E-state index contributed by atoms with van der Waals surface area (Å²) in [6.07, 6.45) is 6.58. The Labute approximate surface area is 143 Å². The molecular formula is C8H4CuN4Se4. The number of hydrogen-bond acceptors (Lipinski definition) is 4. The first-order valence-corrected chi connectivity index (χ1v) is 7.34. The van der Waals surface area contributed by atoms with E-state index in [1.54, 1.807) is 24.8 Å². The Kier molecular flexibility index (Phi) is 10.1. The Balaban J connectivity index is 0.000000284. The molecule has 0 amide bonds. The quantitative estimate of drug-likeness (QED) is 0.324. The second-order valence-corrected chi connectivity index (χ2v) is 5.58. The van der Waals surface area contributed by atoms with Crippen LogP contribution < -0.4 is 18.4 Å². The maximum absolute atomic E-state index is 3.93. The van der Waals surface area contributed by atoms with Crippen LogP contribution in [-0.2, 0) is 17.1 Å². The van der Waals surface area contributed by atoms with Crippen LogP contribution in [0, 0.1) is 0 Å². The second kappa shape index (κ2) is 9.66. The Morgan fingerprint density at radius 3 is 0.824 bits per heavy atom. The molecule has 0 unspecified atom stereocenters. The minimum atomic E-state index is 0. The van der Waals surface area contributed by atoms with Crippen molar-refractivity contribution >= 4 is 82.4 Å². The van der Waals surface area contributed by atoms with Crippen molar-refractivity contribution in [2.45, 2.75) is 0 Å². The summed E-state index contributed by atoms with van der Waals surface area (Å²) < 4.78 is 3.31. The fraction of sp³-hybridized carbons (Fsp3) is 0. The van der Waals surface area contributed by atoms with Crippen molar-refractivity contribution in [1.29, 1.82) is 0 Å². The Morgan fingerprint density at radius 2 is 0.706 bits per heavy atom. The molecule has 0 spiro atoms. The van der Waals surface area contributed by atoms with Crippen LogP contribution in [0.2, 0.25) is 0 Å². The second-order valence-electron chi connectivity index (χ2n) is 2.33. The third kappa shape index (κ3) is 7.05. The van der Waals surface area contributed by atoms with Gasteiger partial charge in [-0.3, -0.25) is 0 Å². The summed E-state index contributed by atoms with van der Waals surface area (Å²) in [6.45, 7) is 0. The van der Waals surface area contributed by atoms with E-state index in [0.29, 0.717) is 0 Å². The zero-order valence-electron chi connectivity index (χ0n) is 8.03. The van der Waals surface area contributed by atoms with E-state index in [1.807, 2.05) is 0 Å². The predicted octanol–water partition coefficient (Wildman–Crippen LogP) is -3.87. The van der Waals surface area contributed by atoms with E-state index in [-0.39, 0.29) is 17.1 Å². The van der Waals surface area contributed by atoms with E-state index in [1.165, 1.54) is 0 Å². The van der Waals surface area contributed by atoms with Crippen molar-refractivity contribution in [1.82, 2.24) is 19.9 Å². The van der Waals surface area contributed by atoms with Gasteiger partial charge in [0.1, 0.15) is 0 Å². The number of aromatic nitrogens is 4. The monoisotopic (exact) mass is 539 g/mol. The normalized spacial score (nSPS) is 8.47. The summed E-state index contributed by atoms with van der Waals surface area (Å²) in [5.41, 5.74) is 0. The Hall–Kier alpha value is 0.757. The fourth-order valence-electron chi connectivity index (χ4n) is 0.625. The van der Waals surface area contributed by atoms with Gasteiger partial charge in [0.15, 0.2) is 0 Å². The summed E-state index contributed by atoms with van der Waals surface area (Å²) in [5, 5.41) is 0. The molecule has 0 aliphatic heterocycles. The van der Waals surface area contributed by atoms with Gasteiger partial charge in [0, 0.05) is 17.1 Å². The van der Waals surface area contributed by atoms with Gasteiger partial charge in [-0.05, 0) is 0 Å². The molecule has 0 fully saturated rings. The van der Waals surface area contributed by atoms with Crippen molar-refractivity contribution in [2.24, 2.45) is 0 Å². The number of nitrogens with zero attached hydrogens (tertiary/aromatic N) is 4. The molecule has 2 aromatic heterocycles. The zero-order chi connectivity index (χ0) is 12.0. The van der Waals surface area contributed by atoms with E-state index in [4.69, 9.17) is 0 Å². The number of rotatable bonds is 0. The molecule has 0 saturated heterocycles. The molecule has 0 bridgehead atoms. The van der Waals surface area contributed by atoms with Gasteiger partial charge in [0.25, 0.3) is 0 Å². The summed E-state index contributed by atoms with van der Waals surface area (Å²) in [4.78, 5) is 15.7. The van der Waals surface area contributed by atoms with Crippen molar-refractivity contribution < 1.29 is 17.1 Å². The van der Waals surface area contributed by atoms with E-state index >= 15 is 0 Å². The molecule has 0 aliphatic rings. The van der Waals surface area contributed by atoms with Crippen LogP contribution in [0.1, 0.15) is 0 Å². The molecule has 0 atom stereocenters. The standard InChI is InChI=1S/2C4H2N2Se2.Cu/c2*7-3-4(8)6-2-1-5-3;/h2*1-2H;. The average molecular weight is 536 g/mol. The molecule has 91 valence electrons. The maximum atomic E-state index is 3.93. The average Bonchev–Trinajstić information content (AvgIpc) is 2.28. The topological polar surface area (TPSA) is 51.6 Å². The van der Waals surface area contributed by atoms with Crippen LogP contribution in [-0.4, -0.2) is 84.0 Å². The molecule has 0 N–H and O–H groups in total. The summed E-state index contributed by atoms with van der Waals surface area (Å²) in [5.74, 6) is 0. The molecule has 2 rings (SSSR count). The van der Waals surface area contributed by atoms with E-state index < -0.39 is 0 Å². The molecule has 0 aromatic carbocycles. The third-order valence-corrected chi connectivity index (χ3v) is 5.08. The van der Waals surface area contributed by atoms with Crippen molar-refractivity contribution in [3.8, 4) is 0 Å². The molecule has 2 aromatic rings. The summed E-state index contributed by atoms with van der Waals surface area (Å²) in [7, 11) is 0. The van der Waals surface area contributed by atoms with Gasteiger partial charge in [-0.1, -0.05) is 0 Å². The van der Waals surface area contributed by atoms with Crippen LogP contribution in [0.25, 0.3) is 0 Å². The molecule has 4 nitrogen and oxygen atoms in total. The van der Waals surface area contributed by atoms with Gasteiger partial charge in [0.2, 0.25) is 0 Å². The first-order chi connectivity index (χ1) is 7.61. The minimum absolute atomic E-state index is 0. The predicted molar refractivity (Wildman–Crippen MR) is 65.6 cm³/mol. The van der Waals surface area contributed by atoms with E-state index in [0.717, 1.165) is 18.4 Å². The van der Waals surface area contributed by atoms with Crippen molar-refractivity contribution in [3.05, 3.63) is 24.8 Å². The van der Waals surface area contributed by atoms with Crippen LogP contribution >= 0.6 is 0 Å². The van der Waals surface area contributed by atoms with Gasteiger partial charge < -0.3 is 0 Å². The SMILES string of the molecule is [Cu].[Se]c1nccnc1[Se].[Se]c1nccnc1[Se]. The summed E-state index contributed by atoms with van der Waals surface area (Å²) >= 11 is 11.1. The fourth-order valence-corrected chi connectivity index (χ4v) is 1.58. The molecule has 0 saturated carbocycles. The van der Waals surface area contributed by atoms with Crippen molar-refractivity contribution in [2.75, 3.05) is 0 Å². The van der Waals surface area contributed by atoms with Crippen LogP contribution in [0.5, 0.6) is 0 Å². The van der Waals surface area contributed by atoms with E-state index in [9.17, 15) is 0 Å². The van der Waals surface area contributed by atoms with Crippen LogP contribution in [0.15, 0.2) is 24.8 Å². The molecular weight excluding hydrogens is 532 g/mol. The third-order valence-electron chi connectivity index (χ3n) is 1.27. The van der Waals surface area contributed by atoms with Gasteiger partial charge >= 0.3 is 127 Å². The molecule has 2 heterocycles. The molecule has 5 radical (unpaired) electrons. The molecule has 9 heteroatoms. The first kappa shape index (κ1) is 17.8. The van der Waals surface area contributed by atoms with Gasteiger partial charge in [-0.2, -0.15) is 0 Å². The van der Waals surface area contributed by atoms with Gasteiger partial charge in [-0.15, -0.1) is 0 Å². The summed E-state index contributed by atoms with van der Waals surface area (Å²) in [6, 6.07) is 0. The Bertz CT molecular complexity index is 385. The zero-order valence-corrected chi connectivity index (χ0v) is 15.8. The van der Waals surface area contributed by atoms with Crippen LogP contribution in [0.4, 0.5) is 0 Å². The van der Waals surface area contributed by atoms with Crippen LogP contribution in [0.3, 0.4) is 0 Å². The number of hydrogen-bond donors (Lipinski definition) is 0. The van der Waals surface area contributed by atoms with Crippen molar-refractivity contribution in [3.63, 3.8) is 0 Å². The van der Waals surface area contributed by atoms with Gasteiger partial charge in [-0.25, -0.2) is 0 Å². The molecule has 0 aliphatic carbocycles. The van der Waals surface area contributed by atoms with Gasteiger partial charge in [0.05, 0.1) is 0 Å².